The van der Waals surface area contributed by atoms with Gasteiger partial charge < -0.3 is 15.8 Å². The number of hydrogen-bond donors (Lipinski definition) is 2. The van der Waals surface area contributed by atoms with Crippen molar-refractivity contribution in [3.05, 3.63) is 24.0 Å². The van der Waals surface area contributed by atoms with E-state index in [2.05, 4.69) is 5.32 Å². The van der Waals surface area contributed by atoms with Crippen molar-refractivity contribution < 1.29 is 13.9 Å². The van der Waals surface area contributed by atoms with Crippen LogP contribution in [0, 0.1) is 5.82 Å². The zero-order valence-corrected chi connectivity index (χ0v) is 11.2. The van der Waals surface area contributed by atoms with Crippen LogP contribution in [0.15, 0.2) is 18.2 Å². The van der Waals surface area contributed by atoms with Gasteiger partial charge in [0.05, 0.1) is 12.3 Å². The normalized spacial score (nSPS) is 10.3. The number of amides is 1. The minimum atomic E-state index is -0.385. The highest BCUT2D eigenvalue weighted by Gasteiger charge is 2.08. The highest BCUT2D eigenvalue weighted by Crippen LogP contribution is 2.25. The molecule has 0 aromatic heterocycles. The third-order valence-electron chi connectivity index (χ3n) is 2.63. The number of nitrogens with one attached hydrogen (secondary N) is 1. The van der Waals surface area contributed by atoms with Crippen molar-refractivity contribution in [3.63, 3.8) is 0 Å². The summed E-state index contributed by atoms with van der Waals surface area (Å²) in [6.45, 7) is 2.88. The molecular formula is C14H21FN2O2. The van der Waals surface area contributed by atoms with E-state index in [1.165, 1.54) is 18.2 Å². The fraction of sp³-hybridized carbons (Fsp3) is 0.500. The summed E-state index contributed by atoms with van der Waals surface area (Å²) in [5.41, 5.74) is 5.89. The molecule has 1 rings (SSSR count). The van der Waals surface area contributed by atoms with Crippen LogP contribution in [0.4, 0.5) is 10.1 Å². The number of unbranched alkanes of at least 4 members (excludes halogenated alkanes) is 2. The summed E-state index contributed by atoms with van der Waals surface area (Å²) in [4.78, 5) is 11.7. The zero-order valence-electron chi connectivity index (χ0n) is 11.2. The Morgan fingerprint density at radius 3 is 2.84 bits per heavy atom. The number of ether oxygens (including phenoxy) is 1. The van der Waals surface area contributed by atoms with Gasteiger partial charge in [-0.1, -0.05) is 6.42 Å². The van der Waals surface area contributed by atoms with Crippen LogP contribution in [-0.4, -0.2) is 19.1 Å². The summed E-state index contributed by atoms with van der Waals surface area (Å²) in [6.07, 6.45) is 3.09. The first-order valence-corrected chi connectivity index (χ1v) is 6.59. The maximum Gasteiger partial charge on any atom is 0.224 e. The van der Waals surface area contributed by atoms with Crippen LogP contribution >= 0.6 is 0 Å². The molecule has 0 aliphatic rings. The molecule has 0 spiro atoms. The Balaban J connectivity index is 2.53. The zero-order chi connectivity index (χ0) is 14.1. The van der Waals surface area contributed by atoms with Gasteiger partial charge in [-0.25, -0.2) is 4.39 Å². The largest absolute Gasteiger partial charge is 0.492 e. The van der Waals surface area contributed by atoms with E-state index in [-0.39, 0.29) is 11.7 Å². The fourth-order valence-electron chi connectivity index (χ4n) is 1.69. The lowest BCUT2D eigenvalue weighted by Crippen LogP contribution is -2.12. The second-order valence-electron chi connectivity index (χ2n) is 4.22. The van der Waals surface area contributed by atoms with Crippen molar-refractivity contribution in [3.8, 4) is 5.75 Å². The van der Waals surface area contributed by atoms with Crippen LogP contribution in [-0.2, 0) is 4.79 Å². The molecule has 0 unspecified atom stereocenters. The Hall–Kier alpha value is -1.62. The van der Waals surface area contributed by atoms with E-state index in [9.17, 15) is 9.18 Å². The van der Waals surface area contributed by atoms with Gasteiger partial charge in [-0.15, -0.1) is 0 Å². The van der Waals surface area contributed by atoms with Gasteiger partial charge in [-0.2, -0.15) is 0 Å². The first-order chi connectivity index (χ1) is 9.17. The Morgan fingerprint density at radius 2 is 2.16 bits per heavy atom. The molecule has 1 aromatic rings. The number of benzene rings is 1. The van der Waals surface area contributed by atoms with Crippen LogP contribution < -0.4 is 15.8 Å². The van der Waals surface area contributed by atoms with Gasteiger partial charge in [0.15, 0.2) is 0 Å². The van der Waals surface area contributed by atoms with Crippen molar-refractivity contribution in [2.45, 2.75) is 32.6 Å². The van der Waals surface area contributed by atoms with Gasteiger partial charge in [0.2, 0.25) is 5.91 Å². The average molecular weight is 268 g/mol. The smallest absolute Gasteiger partial charge is 0.224 e. The van der Waals surface area contributed by atoms with Gasteiger partial charge in [0, 0.05) is 12.5 Å². The predicted octanol–water partition coefficient (Wildman–Crippen LogP) is 2.68. The molecule has 5 heteroatoms. The summed E-state index contributed by atoms with van der Waals surface area (Å²) < 4.78 is 18.4. The number of halogens is 1. The Bertz CT molecular complexity index is 410. The quantitative estimate of drug-likeness (QED) is 0.712. The molecule has 0 heterocycles. The van der Waals surface area contributed by atoms with Crippen molar-refractivity contribution >= 4 is 11.6 Å². The Labute approximate surface area is 113 Å². The van der Waals surface area contributed by atoms with Gasteiger partial charge in [-0.05, 0) is 38.4 Å². The van der Waals surface area contributed by atoms with Gasteiger partial charge in [-0.3, -0.25) is 4.79 Å². The fourth-order valence-corrected chi connectivity index (χ4v) is 1.69. The van der Waals surface area contributed by atoms with Crippen LogP contribution in [0.1, 0.15) is 32.6 Å². The highest BCUT2D eigenvalue weighted by atomic mass is 19.1. The monoisotopic (exact) mass is 268 g/mol. The van der Waals surface area contributed by atoms with E-state index in [0.29, 0.717) is 31.0 Å². The van der Waals surface area contributed by atoms with Gasteiger partial charge in [0.1, 0.15) is 11.6 Å². The maximum atomic E-state index is 13.1. The molecule has 106 valence electrons. The lowest BCUT2D eigenvalue weighted by atomic mass is 10.2. The SMILES string of the molecule is CCOc1cc(F)ccc1NC(=O)CCCCCN. The molecule has 19 heavy (non-hydrogen) atoms. The first-order valence-electron chi connectivity index (χ1n) is 6.59. The molecule has 0 bridgehead atoms. The number of hydrogen-bond acceptors (Lipinski definition) is 3. The average Bonchev–Trinajstić information content (AvgIpc) is 2.38. The van der Waals surface area contributed by atoms with Crippen molar-refractivity contribution in [1.82, 2.24) is 0 Å². The number of rotatable bonds is 8. The van der Waals surface area contributed by atoms with Crippen molar-refractivity contribution in [2.24, 2.45) is 5.73 Å². The molecular weight excluding hydrogens is 247 g/mol. The van der Waals surface area contributed by atoms with Crippen LogP contribution in [0.25, 0.3) is 0 Å². The van der Waals surface area contributed by atoms with E-state index in [1.54, 1.807) is 0 Å². The van der Waals surface area contributed by atoms with Crippen LogP contribution in [0.3, 0.4) is 0 Å². The summed E-state index contributed by atoms with van der Waals surface area (Å²) >= 11 is 0. The minimum absolute atomic E-state index is 0.0930. The molecule has 1 amide bonds. The predicted molar refractivity (Wildman–Crippen MR) is 73.7 cm³/mol. The molecule has 0 atom stereocenters. The van der Waals surface area contributed by atoms with E-state index in [1.807, 2.05) is 6.92 Å². The summed E-state index contributed by atoms with van der Waals surface area (Å²) in [5, 5.41) is 2.74. The van der Waals surface area contributed by atoms with E-state index >= 15 is 0 Å². The lowest BCUT2D eigenvalue weighted by molar-refractivity contribution is -0.116. The number of nitrogens with two attached hydrogens (primary N) is 1. The second kappa shape index (κ2) is 8.48. The molecule has 0 saturated heterocycles. The molecule has 0 fully saturated rings. The van der Waals surface area contributed by atoms with Crippen molar-refractivity contribution in [2.75, 3.05) is 18.5 Å². The number of carbonyl (C=O) groups excluding carboxylic acids is 1. The van der Waals surface area contributed by atoms with Crippen molar-refractivity contribution in [1.29, 1.82) is 0 Å². The molecule has 0 aliphatic carbocycles. The molecule has 4 nitrogen and oxygen atoms in total. The van der Waals surface area contributed by atoms with E-state index in [0.717, 1.165) is 19.3 Å². The molecule has 1 aromatic carbocycles. The molecule has 3 N–H and O–H groups in total. The molecule has 0 saturated carbocycles. The van der Waals surface area contributed by atoms with Gasteiger partial charge >= 0.3 is 0 Å². The maximum absolute atomic E-state index is 13.1. The first kappa shape index (κ1) is 15.4. The second-order valence-corrected chi connectivity index (χ2v) is 4.22. The Kier molecular flexibility index (Phi) is 6.89. The van der Waals surface area contributed by atoms with Crippen LogP contribution in [0.5, 0.6) is 5.75 Å². The van der Waals surface area contributed by atoms with E-state index < -0.39 is 0 Å². The van der Waals surface area contributed by atoms with Gasteiger partial charge in [0.25, 0.3) is 0 Å². The summed E-state index contributed by atoms with van der Waals surface area (Å²) in [5.74, 6) is -0.119. The number of carbonyl (C=O) groups is 1. The molecule has 0 aliphatic heterocycles. The minimum Gasteiger partial charge on any atom is -0.492 e. The van der Waals surface area contributed by atoms with E-state index in [4.69, 9.17) is 10.5 Å². The molecule has 0 radical (unpaired) electrons. The third-order valence-corrected chi connectivity index (χ3v) is 2.63. The summed E-state index contributed by atoms with van der Waals surface area (Å²) in [7, 11) is 0. The highest BCUT2D eigenvalue weighted by molar-refractivity contribution is 5.92. The standard InChI is InChI=1S/C14H21FN2O2/c1-2-19-13-10-11(15)7-8-12(13)17-14(18)6-4-3-5-9-16/h7-8,10H,2-6,9,16H2,1H3,(H,17,18). The Morgan fingerprint density at radius 1 is 1.37 bits per heavy atom. The third kappa shape index (κ3) is 5.70. The topological polar surface area (TPSA) is 64.3 Å². The summed E-state index contributed by atoms with van der Waals surface area (Å²) in [6, 6.07) is 4.08. The lowest BCUT2D eigenvalue weighted by Gasteiger charge is -2.11. The number of anilines is 1. The van der Waals surface area contributed by atoms with Crippen LogP contribution in [0.2, 0.25) is 0 Å².